The highest BCUT2D eigenvalue weighted by Crippen LogP contribution is 2.46. The van der Waals surface area contributed by atoms with Crippen molar-refractivity contribution in [2.45, 2.75) is 36.0 Å². The first kappa shape index (κ1) is 15.8. The van der Waals surface area contributed by atoms with E-state index in [9.17, 15) is 8.42 Å². The molecular formula is C12H22N4O2S2. The van der Waals surface area contributed by atoms with Crippen LogP contribution in [0.4, 0.5) is 0 Å². The monoisotopic (exact) mass is 318 g/mol. The molecule has 1 saturated carbocycles. The van der Waals surface area contributed by atoms with E-state index in [1.165, 1.54) is 6.20 Å². The first-order valence-corrected chi connectivity index (χ1v) is 9.50. The lowest BCUT2D eigenvalue weighted by atomic mass is 10.4. The number of thioether (sulfide) groups is 1. The van der Waals surface area contributed by atoms with Gasteiger partial charge in [-0.2, -0.15) is 16.9 Å². The van der Waals surface area contributed by atoms with E-state index in [-0.39, 0.29) is 9.64 Å². The van der Waals surface area contributed by atoms with Crippen molar-refractivity contribution in [1.29, 1.82) is 0 Å². The smallest absolute Gasteiger partial charge is 0.243 e. The lowest BCUT2D eigenvalue weighted by molar-refractivity contribution is 0.562. The molecule has 114 valence electrons. The third-order valence-electron chi connectivity index (χ3n) is 3.51. The van der Waals surface area contributed by atoms with Crippen molar-refractivity contribution in [3.63, 3.8) is 0 Å². The molecule has 1 aliphatic carbocycles. The number of hydrogen-bond donors (Lipinski definition) is 2. The number of nitrogens with zero attached hydrogens (tertiary/aromatic N) is 2. The van der Waals surface area contributed by atoms with Crippen LogP contribution in [0.2, 0.25) is 0 Å². The second-order valence-corrected chi connectivity index (χ2v) is 8.05. The first-order valence-electron chi connectivity index (χ1n) is 6.79. The van der Waals surface area contributed by atoms with Crippen molar-refractivity contribution in [2.75, 3.05) is 25.9 Å². The minimum absolute atomic E-state index is 0.119. The van der Waals surface area contributed by atoms with E-state index >= 15 is 0 Å². The Labute approximate surface area is 124 Å². The minimum atomic E-state index is -3.44. The van der Waals surface area contributed by atoms with Crippen molar-refractivity contribution in [3.05, 3.63) is 12.4 Å². The normalized spacial score (nSPS) is 17.3. The van der Waals surface area contributed by atoms with Crippen LogP contribution in [-0.2, 0) is 16.6 Å². The molecule has 0 aliphatic heterocycles. The van der Waals surface area contributed by atoms with Crippen molar-refractivity contribution < 1.29 is 8.42 Å². The van der Waals surface area contributed by atoms with Crippen LogP contribution in [0.3, 0.4) is 0 Å². The molecule has 20 heavy (non-hydrogen) atoms. The van der Waals surface area contributed by atoms with Gasteiger partial charge in [0.25, 0.3) is 0 Å². The molecule has 0 unspecified atom stereocenters. The molecule has 1 fully saturated rings. The van der Waals surface area contributed by atoms with Crippen LogP contribution in [0.1, 0.15) is 19.8 Å². The van der Waals surface area contributed by atoms with Crippen LogP contribution in [0, 0.1) is 0 Å². The molecule has 2 N–H and O–H groups in total. The summed E-state index contributed by atoms with van der Waals surface area (Å²) in [4.78, 5) is 0.242. The van der Waals surface area contributed by atoms with E-state index in [2.05, 4.69) is 15.1 Å². The summed E-state index contributed by atoms with van der Waals surface area (Å²) in [5.41, 5.74) is 0. The summed E-state index contributed by atoms with van der Waals surface area (Å²) in [5, 5.41) is 7.26. The molecular weight excluding hydrogens is 296 g/mol. The molecule has 1 aliphatic rings. The maximum atomic E-state index is 12.2. The molecule has 1 aromatic heterocycles. The molecule has 8 heteroatoms. The van der Waals surface area contributed by atoms with Gasteiger partial charge in [0.05, 0.1) is 12.7 Å². The summed E-state index contributed by atoms with van der Waals surface area (Å²) in [7, 11) is -3.44. The van der Waals surface area contributed by atoms with Gasteiger partial charge in [-0.1, -0.05) is 6.92 Å². The Kier molecular flexibility index (Phi) is 5.11. The predicted molar refractivity (Wildman–Crippen MR) is 81.4 cm³/mol. The van der Waals surface area contributed by atoms with E-state index in [1.807, 2.05) is 13.2 Å². The Morgan fingerprint density at radius 2 is 2.25 bits per heavy atom. The van der Waals surface area contributed by atoms with Gasteiger partial charge in [-0.3, -0.25) is 4.68 Å². The maximum Gasteiger partial charge on any atom is 0.243 e. The molecule has 0 saturated heterocycles. The van der Waals surface area contributed by atoms with Crippen LogP contribution < -0.4 is 10.0 Å². The SMILES string of the molecule is CCNCCn1cc(S(=O)(=O)NCC2(SC)CC2)cn1. The average molecular weight is 318 g/mol. The van der Waals surface area contributed by atoms with E-state index in [4.69, 9.17) is 0 Å². The summed E-state index contributed by atoms with van der Waals surface area (Å²) in [6.07, 6.45) is 7.18. The van der Waals surface area contributed by atoms with Crippen LogP contribution in [0.15, 0.2) is 17.3 Å². The molecule has 6 nitrogen and oxygen atoms in total. The summed E-state index contributed by atoms with van der Waals surface area (Å²) >= 11 is 1.74. The Bertz CT molecular complexity index is 537. The zero-order valence-electron chi connectivity index (χ0n) is 11.9. The minimum Gasteiger partial charge on any atom is -0.315 e. The van der Waals surface area contributed by atoms with Crippen molar-refractivity contribution in [3.8, 4) is 0 Å². The Hall–Kier alpha value is -0.570. The third kappa shape index (κ3) is 3.97. The second kappa shape index (κ2) is 6.46. The number of likely N-dealkylation sites (N-methyl/N-ethyl adjacent to an activating group) is 1. The number of aromatic nitrogens is 2. The molecule has 0 radical (unpaired) electrons. The van der Waals surface area contributed by atoms with Crippen molar-refractivity contribution >= 4 is 21.8 Å². The second-order valence-electron chi connectivity index (χ2n) is 5.00. The summed E-state index contributed by atoms with van der Waals surface area (Å²) in [6.45, 7) is 4.87. The summed E-state index contributed by atoms with van der Waals surface area (Å²) in [5.74, 6) is 0. The van der Waals surface area contributed by atoms with Crippen LogP contribution >= 0.6 is 11.8 Å². The van der Waals surface area contributed by atoms with Crippen molar-refractivity contribution in [1.82, 2.24) is 19.8 Å². The zero-order chi connectivity index (χ0) is 14.6. The van der Waals surface area contributed by atoms with E-state index in [0.717, 1.165) is 25.9 Å². The van der Waals surface area contributed by atoms with Gasteiger partial charge in [0, 0.05) is 24.0 Å². The van der Waals surface area contributed by atoms with Gasteiger partial charge >= 0.3 is 0 Å². The lowest BCUT2D eigenvalue weighted by Gasteiger charge is -2.12. The number of hydrogen-bond acceptors (Lipinski definition) is 5. The average Bonchev–Trinajstić information content (AvgIpc) is 3.06. The molecule has 2 rings (SSSR count). The molecule has 0 amide bonds. The van der Waals surface area contributed by atoms with Gasteiger partial charge in [-0.15, -0.1) is 0 Å². The lowest BCUT2D eigenvalue weighted by Crippen LogP contribution is -2.31. The van der Waals surface area contributed by atoms with Gasteiger partial charge in [0.2, 0.25) is 10.0 Å². The fourth-order valence-electron chi connectivity index (χ4n) is 1.88. The third-order valence-corrected chi connectivity index (χ3v) is 6.29. The van der Waals surface area contributed by atoms with Gasteiger partial charge in [-0.05, 0) is 25.6 Å². The zero-order valence-corrected chi connectivity index (χ0v) is 13.6. The van der Waals surface area contributed by atoms with Crippen LogP contribution in [-0.4, -0.2) is 48.8 Å². The topological polar surface area (TPSA) is 76.0 Å². The van der Waals surface area contributed by atoms with Gasteiger partial charge in [-0.25, -0.2) is 13.1 Å². The maximum absolute atomic E-state index is 12.2. The van der Waals surface area contributed by atoms with Crippen LogP contribution in [0.25, 0.3) is 0 Å². The fraction of sp³-hybridized carbons (Fsp3) is 0.750. The number of rotatable bonds is 9. The predicted octanol–water partition coefficient (Wildman–Crippen LogP) is 0.667. The molecule has 1 heterocycles. The van der Waals surface area contributed by atoms with E-state index in [1.54, 1.807) is 22.6 Å². The number of nitrogens with one attached hydrogen (secondary N) is 2. The molecule has 1 aromatic rings. The van der Waals surface area contributed by atoms with Gasteiger partial charge < -0.3 is 5.32 Å². The molecule has 0 bridgehead atoms. The quantitative estimate of drug-likeness (QED) is 0.655. The van der Waals surface area contributed by atoms with Gasteiger partial charge in [0.15, 0.2) is 0 Å². The van der Waals surface area contributed by atoms with E-state index < -0.39 is 10.0 Å². The molecule has 0 atom stereocenters. The standard InChI is InChI=1S/C12H22N4O2S2/c1-3-13-6-7-16-9-11(8-14-16)20(17,18)15-10-12(19-2)4-5-12/h8-9,13,15H,3-7,10H2,1-2H3. The summed E-state index contributed by atoms with van der Waals surface area (Å²) < 4.78 is 28.8. The highest BCUT2D eigenvalue weighted by molar-refractivity contribution is 8.00. The summed E-state index contributed by atoms with van der Waals surface area (Å²) in [6, 6.07) is 0. The fourth-order valence-corrected chi connectivity index (χ4v) is 3.78. The molecule has 0 spiro atoms. The molecule has 0 aromatic carbocycles. The Balaban J connectivity index is 1.92. The first-order chi connectivity index (χ1) is 9.51. The van der Waals surface area contributed by atoms with Gasteiger partial charge in [0.1, 0.15) is 4.90 Å². The van der Waals surface area contributed by atoms with Crippen molar-refractivity contribution in [2.24, 2.45) is 0 Å². The van der Waals surface area contributed by atoms with Crippen LogP contribution in [0.5, 0.6) is 0 Å². The number of sulfonamides is 1. The highest BCUT2D eigenvalue weighted by atomic mass is 32.2. The highest BCUT2D eigenvalue weighted by Gasteiger charge is 2.42. The Morgan fingerprint density at radius 3 is 2.85 bits per heavy atom. The largest absolute Gasteiger partial charge is 0.315 e. The van der Waals surface area contributed by atoms with E-state index in [0.29, 0.717) is 13.1 Å². The Morgan fingerprint density at radius 1 is 1.50 bits per heavy atom.